The molecule has 0 aliphatic rings. The van der Waals surface area contributed by atoms with Crippen LogP contribution < -0.4 is 5.32 Å². The summed E-state index contributed by atoms with van der Waals surface area (Å²) in [7, 11) is 0. The summed E-state index contributed by atoms with van der Waals surface area (Å²) in [5.41, 5.74) is 3.97. The maximum absolute atomic E-state index is 12.6. The lowest BCUT2D eigenvalue weighted by Gasteiger charge is -2.15. The number of esters is 1. The first-order valence-electron chi connectivity index (χ1n) is 9.80. The lowest BCUT2D eigenvalue weighted by molar-refractivity contribution is -0.119. The maximum atomic E-state index is 12.6. The van der Waals surface area contributed by atoms with Crippen LogP contribution in [0.5, 0.6) is 0 Å². The average molecular weight is 387 g/mol. The second-order valence-corrected chi connectivity index (χ2v) is 6.93. The molecule has 0 aliphatic carbocycles. The van der Waals surface area contributed by atoms with Crippen molar-refractivity contribution in [1.29, 1.82) is 0 Å². The third-order valence-electron chi connectivity index (χ3n) is 4.94. The molecule has 0 saturated heterocycles. The Hall–Kier alpha value is -3.40. The molecule has 0 aromatic heterocycles. The van der Waals surface area contributed by atoms with E-state index in [0.717, 1.165) is 28.8 Å². The van der Waals surface area contributed by atoms with Gasteiger partial charge in [0.2, 0.25) is 0 Å². The van der Waals surface area contributed by atoms with Gasteiger partial charge in [-0.25, -0.2) is 4.79 Å². The van der Waals surface area contributed by atoms with E-state index in [4.69, 9.17) is 4.74 Å². The van der Waals surface area contributed by atoms with Crippen LogP contribution >= 0.6 is 0 Å². The van der Waals surface area contributed by atoms with E-state index in [2.05, 4.69) is 19.2 Å². The Morgan fingerprint density at radius 3 is 2.31 bits per heavy atom. The first-order chi connectivity index (χ1) is 14.1. The molecule has 1 amide bonds. The Morgan fingerprint density at radius 2 is 1.55 bits per heavy atom. The zero-order valence-corrected chi connectivity index (χ0v) is 16.7. The summed E-state index contributed by atoms with van der Waals surface area (Å²) in [6, 6.07) is 24.6. The van der Waals surface area contributed by atoms with E-state index in [0.29, 0.717) is 11.5 Å². The minimum atomic E-state index is -0.519. The van der Waals surface area contributed by atoms with Gasteiger partial charge in [0.1, 0.15) is 0 Å². The van der Waals surface area contributed by atoms with Crippen LogP contribution in [0.1, 0.15) is 42.1 Å². The molecule has 1 N–H and O–H groups in total. The van der Waals surface area contributed by atoms with E-state index in [9.17, 15) is 9.59 Å². The summed E-state index contributed by atoms with van der Waals surface area (Å²) in [6.07, 6.45) is 0.970. The van der Waals surface area contributed by atoms with Gasteiger partial charge in [-0.05, 0) is 41.2 Å². The Labute approximate surface area is 171 Å². The van der Waals surface area contributed by atoms with E-state index < -0.39 is 5.97 Å². The summed E-state index contributed by atoms with van der Waals surface area (Å²) >= 11 is 0. The second-order valence-electron chi connectivity index (χ2n) is 6.93. The second kappa shape index (κ2) is 9.69. The van der Waals surface area contributed by atoms with Crippen molar-refractivity contribution in [2.75, 3.05) is 11.9 Å². The topological polar surface area (TPSA) is 55.4 Å². The van der Waals surface area contributed by atoms with Gasteiger partial charge >= 0.3 is 5.97 Å². The molecule has 148 valence electrons. The number of amides is 1. The monoisotopic (exact) mass is 387 g/mol. The van der Waals surface area contributed by atoms with Gasteiger partial charge in [-0.2, -0.15) is 0 Å². The Kier molecular flexibility index (Phi) is 6.80. The standard InChI is InChI=1S/C25H25NO3/c1-3-18(2)20-13-9-10-16-23(20)26-24(27)17-29-25(28)22-15-8-7-14-21(22)19-11-5-4-6-12-19/h4-16,18H,3,17H2,1-2H3,(H,26,27)/t18-/m0/s1. The number of ether oxygens (including phenoxy) is 1. The van der Waals surface area contributed by atoms with Gasteiger partial charge in [0.25, 0.3) is 5.91 Å². The first kappa shape index (κ1) is 20.3. The SMILES string of the molecule is CC[C@H](C)c1ccccc1NC(=O)COC(=O)c1ccccc1-c1ccccc1. The third kappa shape index (κ3) is 5.11. The zero-order valence-electron chi connectivity index (χ0n) is 16.7. The average Bonchev–Trinajstić information content (AvgIpc) is 2.78. The number of carbonyl (C=O) groups excluding carboxylic acids is 2. The van der Waals surface area contributed by atoms with E-state index in [1.54, 1.807) is 12.1 Å². The summed E-state index contributed by atoms with van der Waals surface area (Å²) in [5, 5.41) is 2.86. The Bertz CT molecular complexity index is 982. The van der Waals surface area contributed by atoms with Crippen molar-refractivity contribution in [1.82, 2.24) is 0 Å². The van der Waals surface area contributed by atoms with Crippen LogP contribution in [0.25, 0.3) is 11.1 Å². The molecule has 0 unspecified atom stereocenters. The molecule has 0 fully saturated rings. The normalized spacial score (nSPS) is 11.5. The minimum absolute atomic E-state index is 0.326. The van der Waals surface area contributed by atoms with E-state index in [1.807, 2.05) is 66.7 Å². The Balaban J connectivity index is 1.67. The lowest BCUT2D eigenvalue weighted by Crippen LogP contribution is -2.22. The summed E-state index contributed by atoms with van der Waals surface area (Å²) < 4.78 is 5.30. The van der Waals surface area contributed by atoms with Gasteiger partial charge in [-0.15, -0.1) is 0 Å². The molecule has 4 nitrogen and oxygen atoms in total. The van der Waals surface area contributed by atoms with Crippen LogP contribution in [0.2, 0.25) is 0 Å². The minimum Gasteiger partial charge on any atom is -0.452 e. The number of benzene rings is 3. The van der Waals surface area contributed by atoms with Crippen molar-refractivity contribution in [3.8, 4) is 11.1 Å². The highest BCUT2D eigenvalue weighted by Gasteiger charge is 2.16. The van der Waals surface area contributed by atoms with Crippen molar-refractivity contribution in [2.45, 2.75) is 26.2 Å². The molecule has 0 radical (unpaired) electrons. The maximum Gasteiger partial charge on any atom is 0.339 e. The lowest BCUT2D eigenvalue weighted by atomic mass is 9.97. The predicted octanol–water partition coefficient (Wildman–Crippen LogP) is 5.66. The van der Waals surface area contributed by atoms with Gasteiger partial charge < -0.3 is 10.1 Å². The number of anilines is 1. The van der Waals surface area contributed by atoms with E-state index in [-0.39, 0.29) is 12.5 Å². The molecular weight excluding hydrogens is 362 g/mol. The summed E-state index contributed by atoms with van der Waals surface area (Å²) in [4.78, 5) is 25.0. The van der Waals surface area contributed by atoms with Crippen molar-refractivity contribution in [3.63, 3.8) is 0 Å². The summed E-state index contributed by atoms with van der Waals surface area (Å²) in [6.45, 7) is 3.89. The molecule has 0 aliphatic heterocycles. The van der Waals surface area contributed by atoms with Crippen LogP contribution in [-0.4, -0.2) is 18.5 Å². The molecule has 0 saturated carbocycles. The fourth-order valence-electron chi connectivity index (χ4n) is 3.19. The molecular formula is C25H25NO3. The van der Waals surface area contributed by atoms with Gasteiger partial charge in [-0.1, -0.05) is 80.6 Å². The smallest absolute Gasteiger partial charge is 0.339 e. The fourth-order valence-corrected chi connectivity index (χ4v) is 3.19. The molecule has 0 spiro atoms. The molecule has 1 atom stereocenters. The van der Waals surface area contributed by atoms with Crippen LogP contribution in [-0.2, 0) is 9.53 Å². The molecule has 3 rings (SSSR count). The quantitative estimate of drug-likeness (QED) is 0.532. The molecule has 29 heavy (non-hydrogen) atoms. The van der Waals surface area contributed by atoms with Crippen molar-refractivity contribution < 1.29 is 14.3 Å². The van der Waals surface area contributed by atoms with Gasteiger partial charge in [0.15, 0.2) is 6.61 Å². The molecule has 3 aromatic rings. The van der Waals surface area contributed by atoms with Crippen molar-refractivity contribution in [2.24, 2.45) is 0 Å². The van der Waals surface area contributed by atoms with Crippen LogP contribution in [0.3, 0.4) is 0 Å². The van der Waals surface area contributed by atoms with E-state index in [1.165, 1.54) is 0 Å². The zero-order chi connectivity index (χ0) is 20.6. The number of rotatable bonds is 7. The molecule has 3 aromatic carbocycles. The first-order valence-corrected chi connectivity index (χ1v) is 9.80. The van der Waals surface area contributed by atoms with Gasteiger partial charge in [0, 0.05) is 5.69 Å². The van der Waals surface area contributed by atoms with Crippen LogP contribution in [0.15, 0.2) is 78.9 Å². The van der Waals surface area contributed by atoms with Gasteiger partial charge in [-0.3, -0.25) is 4.79 Å². The highest BCUT2D eigenvalue weighted by molar-refractivity contribution is 5.99. The highest BCUT2D eigenvalue weighted by atomic mass is 16.5. The van der Waals surface area contributed by atoms with Crippen LogP contribution in [0.4, 0.5) is 5.69 Å². The number of hydrogen-bond acceptors (Lipinski definition) is 3. The third-order valence-corrected chi connectivity index (χ3v) is 4.94. The van der Waals surface area contributed by atoms with Crippen molar-refractivity contribution >= 4 is 17.6 Å². The number of para-hydroxylation sites is 1. The van der Waals surface area contributed by atoms with Crippen LogP contribution in [0, 0.1) is 0 Å². The van der Waals surface area contributed by atoms with E-state index >= 15 is 0 Å². The van der Waals surface area contributed by atoms with Crippen molar-refractivity contribution in [3.05, 3.63) is 90.0 Å². The molecule has 4 heteroatoms. The Morgan fingerprint density at radius 1 is 0.897 bits per heavy atom. The fraction of sp³-hybridized carbons (Fsp3) is 0.200. The number of carbonyl (C=O) groups is 2. The largest absolute Gasteiger partial charge is 0.452 e. The number of nitrogens with one attached hydrogen (secondary N) is 1. The highest BCUT2D eigenvalue weighted by Crippen LogP contribution is 2.27. The summed E-state index contributed by atoms with van der Waals surface area (Å²) in [5.74, 6) is -0.548. The van der Waals surface area contributed by atoms with Gasteiger partial charge in [0.05, 0.1) is 5.56 Å². The molecule has 0 heterocycles. The number of hydrogen-bond donors (Lipinski definition) is 1. The molecule has 0 bridgehead atoms. The predicted molar refractivity (Wildman–Crippen MR) is 116 cm³/mol.